The highest BCUT2D eigenvalue weighted by Gasteiger charge is 2.19. The van der Waals surface area contributed by atoms with Gasteiger partial charge in [-0.2, -0.15) is 5.10 Å². The highest BCUT2D eigenvalue weighted by molar-refractivity contribution is 5.95. The van der Waals surface area contributed by atoms with Gasteiger partial charge in [-0.05, 0) is 38.3 Å². The fourth-order valence-corrected chi connectivity index (χ4v) is 2.86. The quantitative estimate of drug-likeness (QED) is 0.910. The predicted octanol–water partition coefficient (Wildman–Crippen LogP) is 2.42. The van der Waals surface area contributed by atoms with E-state index in [-0.39, 0.29) is 5.91 Å². The largest absolute Gasteiger partial charge is 0.362 e. The number of carbonyl (C=O) groups is 1. The molecule has 1 aromatic heterocycles. The summed E-state index contributed by atoms with van der Waals surface area (Å²) in [6.07, 6.45) is 2.18. The average Bonchev–Trinajstić information content (AvgIpc) is 2.79. The summed E-state index contributed by atoms with van der Waals surface area (Å²) in [5, 5.41) is 9.94. The van der Waals surface area contributed by atoms with Crippen molar-refractivity contribution in [3.8, 4) is 0 Å². The van der Waals surface area contributed by atoms with E-state index >= 15 is 0 Å². The van der Waals surface area contributed by atoms with E-state index in [9.17, 15) is 4.79 Å². The first-order valence-electron chi connectivity index (χ1n) is 7.29. The van der Waals surface area contributed by atoms with Gasteiger partial charge in [0.15, 0.2) is 0 Å². The van der Waals surface area contributed by atoms with E-state index in [0.717, 1.165) is 36.5 Å². The molecule has 0 bridgehead atoms. The number of carbonyl (C=O) groups excluding carboxylic acids is 1. The first-order chi connectivity index (χ1) is 10.1. The summed E-state index contributed by atoms with van der Waals surface area (Å²) >= 11 is 0. The van der Waals surface area contributed by atoms with E-state index in [2.05, 4.69) is 38.6 Å². The van der Waals surface area contributed by atoms with E-state index in [0.29, 0.717) is 6.54 Å². The van der Waals surface area contributed by atoms with Gasteiger partial charge < -0.3 is 10.2 Å². The number of hydrogen-bond acceptors (Lipinski definition) is 3. The van der Waals surface area contributed by atoms with Gasteiger partial charge in [-0.15, -0.1) is 0 Å². The Bertz CT molecular complexity index is 643. The van der Waals surface area contributed by atoms with Crippen molar-refractivity contribution in [3.63, 3.8) is 0 Å². The summed E-state index contributed by atoms with van der Waals surface area (Å²) in [5.41, 5.74) is 5.01. The van der Waals surface area contributed by atoms with Gasteiger partial charge in [0, 0.05) is 12.2 Å². The fraction of sp³-hybridized carbons (Fsp3) is 0.375. The minimum Gasteiger partial charge on any atom is -0.362 e. The Morgan fingerprint density at radius 1 is 1.38 bits per heavy atom. The number of aromatic nitrogens is 2. The van der Waals surface area contributed by atoms with Gasteiger partial charge in [-0.3, -0.25) is 9.89 Å². The van der Waals surface area contributed by atoms with Gasteiger partial charge in [-0.25, -0.2) is 0 Å². The number of amides is 1. The molecule has 110 valence electrons. The van der Waals surface area contributed by atoms with Crippen molar-refractivity contribution < 1.29 is 4.79 Å². The van der Waals surface area contributed by atoms with E-state index < -0.39 is 0 Å². The number of anilines is 2. The molecule has 2 N–H and O–H groups in total. The molecule has 0 atom stereocenters. The van der Waals surface area contributed by atoms with Crippen molar-refractivity contribution in [1.29, 1.82) is 0 Å². The molecule has 0 unspecified atom stereocenters. The molecule has 0 radical (unpaired) electrons. The second-order valence-corrected chi connectivity index (χ2v) is 5.51. The summed E-state index contributed by atoms with van der Waals surface area (Å²) in [4.78, 5) is 14.5. The van der Waals surface area contributed by atoms with Gasteiger partial charge in [0.2, 0.25) is 5.91 Å². The standard InChI is InChI=1S/C16H20N4O/c1-11-16(12(2)19-18-11)17-15(21)10-20-9-5-7-13-6-3-4-8-14(13)20/h3-4,6,8H,5,7,9-10H2,1-2H3,(H,17,21)(H,18,19). The lowest BCUT2D eigenvalue weighted by molar-refractivity contribution is -0.115. The number of H-pyrrole nitrogens is 1. The van der Waals surface area contributed by atoms with Crippen molar-refractivity contribution in [2.75, 3.05) is 23.3 Å². The Kier molecular flexibility index (Phi) is 3.64. The molecule has 2 heterocycles. The number of benzene rings is 1. The molecule has 0 fully saturated rings. The van der Waals surface area contributed by atoms with Crippen LogP contribution >= 0.6 is 0 Å². The molecule has 0 spiro atoms. The lowest BCUT2D eigenvalue weighted by Gasteiger charge is -2.30. The smallest absolute Gasteiger partial charge is 0.243 e. The maximum absolute atomic E-state index is 12.3. The van der Waals surface area contributed by atoms with E-state index in [1.54, 1.807) is 0 Å². The van der Waals surface area contributed by atoms with Crippen LogP contribution in [0.4, 0.5) is 11.4 Å². The number of hydrogen-bond donors (Lipinski definition) is 2. The first kappa shape index (κ1) is 13.7. The topological polar surface area (TPSA) is 61.0 Å². The maximum Gasteiger partial charge on any atom is 0.243 e. The highest BCUT2D eigenvalue weighted by Crippen LogP contribution is 2.26. The molecule has 0 aliphatic carbocycles. The molecule has 1 aliphatic heterocycles. The number of aromatic amines is 1. The molecule has 5 nitrogen and oxygen atoms in total. The molecule has 1 aliphatic rings. The Balaban J connectivity index is 1.72. The predicted molar refractivity (Wildman–Crippen MR) is 83.7 cm³/mol. The minimum atomic E-state index is -0.000645. The van der Waals surface area contributed by atoms with Gasteiger partial charge in [0.25, 0.3) is 0 Å². The Morgan fingerprint density at radius 3 is 2.95 bits per heavy atom. The van der Waals surface area contributed by atoms with Crippen LogP contribution in [0.1, 0.15) is 23.4 Å². The van der Waals surface area contributed by atoms with E-state index in [4.69, 9.17) is 0 Å². The number of rotatable bonds is 3. The van der Waals surface area contributed by atoms with Crippen LogP contribution in [0.5, 0.6) is 0 Å². The summed E-state index contributed by atoms with van der Waals surface area (Å²) < 4.78 is 0. The van der Waals surface area contributed by atoms with E-state index in [1.165, 1.54) is 11.3 Å². The zero-order valence-corrected chi connectivity index (χ0v) is 12.4. The second-order valence-electron chi connectivity index (χ2n) is 5.51. The highest BCUT2D eigenvalue weighted by atomic mass is 16.2. The van der Waals surface area contributed by atoms with Crippen molar-refractivity contribution in [2.24, 2.45) is 0 Å². The normalized spacial score (nSPS) is 13.9. The van der Waals surface area contributed by atoms with Crippen molar-refractivity contribution in [3.05, 3.63) is 41.2 Å². The molecule has 1 aromatic carbocycles. The summed E-state index contributed by atoms with van der Waals surface area (Å²) in [6.45, 7) is 5.09. The van der Waals surface area contributed by atoms with Crippen LogP contribution < -0.4 is 10.2 Å². The molecular formula is C16H20N4O. The van der Waals surface area contributed by atoms with Gasteiger partial charge >= 0.3 is 0 Å². The fourth-order valence-electron chi connectivity index (χ4n) is 2.86. The number of nitrogens with zero attached hydrogens (tertiary/aromatic N) is 2. The van der Waals surface area contributed by atoms with Crippen LogP contribution in [0.15, 0.2) is 24.3 Å². The molecule has 3 rings (SSSR count). The monoisotopic (exact) mass is 284 g/mol. The van der Waals surface area contributed by atoms with Crippen molar-refractivity contribution >= 4 is 17.3 Å². The summed E-state index contributed by atoms with van der Waals surface area (Å²) in [7, 11) is 0. The van der Waals surface area contributed by atoms with Crippen molar-refractivity contribution in [1.82, 2.24) is 10.2 Å². The van der Waals surface area contributed by atoms with Crippen LogP contribution in [0.2, 0.25) is 0 Å². The lowest BCUT2D eigenvalue weighted by atomic mass is 10.0. The summed E-state index contributed by atoms with van der Waals surface area (Å²) in [5.74, 6) is -0.000645. The first-order valence-corrected chi connectivity index (χ1v) is 7.29. The Hall–Kier alpha value is -2.30. The molecule has 2 aromatic rings. The average molecular weight is 284 g/mol. The number of nitrogens with one attached hydrogen (secondary N) is 2. The third-order valence-electron chi connectivity index (χ3n) is 3.93. The van der Waals surface area contributed by atoms with Crippen LogP contribution in [0.3, 0.4) is 0 Å². The van der Waals surface area contributed by atoms with E-state index in [1.807, 2.05) is 19.9 Å². The third kappa shape index (κ3) is 2.77. The van der Waals surface area contributed by atoms with Crippen LogP contribution in [-0.4, -0.2) is 29.2 Å². The Labute approximate surface area is 124 Å². The molecule has 0 saturated carbocycles. The van der Waals surface area contributed by atoms with Crippen LogP contribution in [0.25, 0.3) is 0 Å². The SMILES string of the molecule is Cc1n[nH]c(C)c1NC(=O)CN1CCCc2ccccc21. The molecule has 1 amide bonds. The third-order valence-corrected chi connectivity index (χ3v) is 3.93. The number of fused-ring (bicyclic) bond motifs is 1. The lowest BCUT2D eigenvalue weighted by Crippen LogP contribution is -2.36. The molecular weight excluding hydrogens is 264 g/mol. The van der Waals surface area contributed by atoms with Crippen molar-refractivity contribution in [2.45, 2.75) is 26.7 Å². The summed E-state index contributed by atoms with van der Waals surface area (Å²) in [6, 6.07) is 8.32. The molecule has 21 heavy (non-hydrogen) atoms. The zero-order chi connectivity index (χ0) is 14.8. The van der Waals surface area contributed by atoms with Gasteiger partial charge in [0.05, 0.1) is 23.6 Å². The van der Waals surface area contributed by atoms with Crippen LogP contribution in [-0.2, 0) is 11.2 Å². The molecule has 0 saturated heterocycles. The minimum absolute atomic E-state index is 0.000645. The number of aryl methyl sites for hydroxylation is 3. The molecule has 5 heteroatoms. The zero-order valence-electron chi connectivity index (χ0n) is 12.4. The second kappa shape index (κ2) is 5.60. The van der Waals surface area contributed by atoms with Gasteiger partial charge in [0.1, 0.15) is 0 Å². The van der Waals surface area contributed by atoms with Gasteiger partial charge in [-0.1, -0.05) is 18.2 Å². The Morgan fingerprint density at radius 2 is 2.19 bits per heavy atom. The maximum atomic E-state index is 12.3. The number of para-hydroxylation sites is 1. The van der Waals surface area contributed by atoms with Crippen LogP contribution in [0, 0.1) is 13.8 Å².